The molecule has 0 bridgehead atoms. The number of aromatic nitrogens is 2. The van der Waals surface area contributed by atoms with Gasteiger partial charge < -0.3 is 9.42 Å². The zero-order valence-corrected chi connectivity index (χ0v) is 17.6. The third kappa shape index (κ3) is 4.90. The zero-order valence-electron chi connectivity index (χ0n) is 16.0. The zero-order chi connectivity index (χ0) is 21.0. The highest BCUT2D eigenvalue weighted by Gasteiger charge is 2.19. The van der Waals surface area contributed by atoms with Crippen molar-refractivity contribution in [3.05, 3.63) is 65.9 Å². The van der Waals surface area contributed by atoms with Crippen LogP contribution in [0.25, 0.3) is 10.7 Å². The number of carbonyl (C=O) groups is 1. The number of hydrogen-bond acceptors (Lipinski definition) is 7. The summed E-state index contributed by atoms with van der Waals surface area (Å²) in [6, 6.07) is 10.1. The van der Waals surface area contributed by atoms with Gasteiger partial charge in [0.1, 0.15) is 0 Å². The lowest BCUT2D eigenvalue weighted by atomic mass is 10.2. The summed E-state index contributed by atoms with van der Waals surface area (Å²) in [6.45, 7) is 3.89. The number of benzene rings is 1. The molecule has 0 N–H and O–H groups in total. The van der Waals surface area contributed by atoms with E-state index in [9.17, 15) is 13.2 Å². The maximum absolute atomic E-state index is 12.7. The number of thiophene rings is 1. The van der Waals surface area contributed by atoms with Gasteiger partial charge in [-0.3, -0.25) is 9.10 Å². The molecule has 2 aromatic heterocycles. The van der Waals surface area contributed by atoms with Crippen LogP contribution in [0, 0.1) is 0 Å². The highest BCUT2D eigenvalue weighted by molar-refractivity contribution is 7.92. The second-order valence-corrected chi connectivity index (χ2v) is 9.13. The Morgan fingerprint density at radius 3 is 2.59 bits per heavy atom. The molecule has 152 valence electrons. The minimum Gasteiger partial charge on any atom is -0.337 e. The highest BCUT2D eigenvalue weighted by atomic mass is 32.2. The molecule has 0 unspecified atom stereocenters. The van der Waals surface area contributed by atoms with E-state index in [-0.39, 0.29) is 19.0 Å². The van der Waals surface area contributed by atoms with Gasteiger partial charge in [0, 0.05) is 12.6 Å². The van der Waals surface area contributed by atoms with Gasteiger partial charge in [-0.2, -0.15) is 4.98 Å². The molecule has 0 aliphatic rings. The number of anilines is 1. The molecule has 0 saturated heterocycles. The van der Waals surface area contributed by atoms with Gasteiger partial charge in [-0.1, -0.05) is 17.3 Å². The van der Waals surface area contributed by atoms with Crippen molar-refractivity contribution in [2.45, 2.75) is 6.54 Å². The fourth-order valence-corrected chi connectivity index (χ4v) is 4.17. The first-order chi connectivity index (χ1) is 13.8. The lowest BCUT2D eigenvalue weighted by molar-refractivity contribution is 0.0769. The normalized spacial score (nSPS) is 11.2. The molecule has 2 heterocycles. The van der Waals surface area contributed by atoms with Gasteiger partial charge in [0.05, 0.1) is 29.9 Å². The Kier molecular flexibility index (Phi) is 6.14. The van der Waals surface area contributed by atoms with E-state index in [0.29, 0.717) is 23.0 Å². The van der Waals surface area contributed by atoms with Crippen molar-refractivity contribution in [2.24, 2.45) is 0 Å². The standard InChI is InChI=1S/C19H20N4O4S2/c1-4-11-23(29(3,25)26)15-9-7-14(8-10-15)19(24)22(2)13-17-20-18(21-27-17)16-6-5-12-28-16/h4-10,12H,1,11,13H2,2-3H3. The Hall–Kier alpha value is -2.98. The van der Waals surface area contributed by atoms with Gasteiger partial charge in [-0.05, 0) is 35.7 Å². The first-order valence-electron chi connectivity index (χ1n) is 8.60. The average molecular weight is 433 g/mol. The molecule has 0 atom stereocenters. The summed E-state index contributed by atoms with van der Waals surface area (Å²) in [5.74, 6) is 0.570. The van der Waals surface area contributed by atoms with Crippen LogP contribution in [0.4, 0.5) is 5.69 Å². The molecule has 0 aliphatic heterocycles. The summed E-state index contributed by atoms with van der Waals surface area (Å²) in [4.78, 5) is 19.3. The molecule has 0 aliphatic carbocycles. The molecule has 0 fully saturated rings. The van der Waals surface area contributed by atoms with Gasteiger partial charge in [-0.25, -0.2) is 8.42 Å². The smallest absolute Gasteiger partial charge is 0.254 e. The monoisotopic (exact) mass is 432 g/mol. The molecule has 10 heteroatoms. The number of carbonyl (C=O) groups excluding carboxylic acids is 1. The maximum atomic E-state index is 12.7. The van der Waals surface area contributed by atoms with E-state index in [0.717, 1.165) is 11.1 Å². The first-order valence-corrected chi connectivity index (χ1v) is 11.3. The van der Waals surface area contributed by atoms with Crippen molar-refractivity contribution in [3.8, 4) is 10.7 Å². The van der Waals surface area contributed by atoms with Crippen LogP contribution in [-0.4, -0.2) is 49.2 Å². The number of nitrogens with zero attached hydrogens (tertiary/aromatic N) is 4. The van der Waals surface area contributed by atoms with E-state index in [4.69, 9.17) is 4.52 Å². The van der Waals surface area contributed by atoms with Crippen molar-refractivity contribution in [2.75, 3.05) is 24.2 Å². The van der Waals surface area contributed by atoms with E-state index < -0.39 is 10.0 Å². The first kappa shape index (κ1) is 20.7. The summed E-state index contributed by atoms with van der Waals surface area (Å²) >= 11 is 1.50. The Labute approximate surface area is 173 Å². The van der Waals surface area contributed by atoms with Gasteiger partial charge in [0.15, 0.2) is 0 Å². The molecule has 8 nitrogen and oxygen atoms in total. The molecule has 1 amide bonds. The van der Waals surface area contributed by atoms with Crippen LogP contribution in [-0.2, 0) is 16.6 Å². The van der Waals surface area contributed by atoms with Crippen LogP contribution < -0.4 is 4.31 Å². The van der Waals surface area contributed by atoms with Gasteiger partial charge in [0.25, 0.3) is 5.91 Å². The summed E-state index contributed by atoms with van der Waals surface area (Å²) in [6.07, 6.45) is 2.63. The predicted molar refractivity (Wildman–Crippen MR) is 112 cm³/mol. The fourth-order valence-electron chi connectivity index (χ4n) is 2.64. The topological polar surface area (TPSA) is 96.6 Å². The van der Waals surface area contributed by atoms with Gasteiger partial charge >= 0.3 is 0 Å². The van der Waals surface area contributed by atoms with Crippen molar-refractivity contribution >= 4 is 33.0 Å². The Bertz CT molecular complexity index is 1090. The van der Waals surface area contributed by atoms with Gasteiger partial charge in [-0.15, -0.1) is 17.9 Å². The minimum absolute atomic E-state index is 0.149. The van der Waals surface area contributed by atoms with Gasteiger partial charge in [0.2, 0.25) is 21.7 Å². The summed E-state index contributed by atoms with van der Waals surface area (Å²) in [5, 5.41) is 5.85. The molecular weight excluding hydrogens is 412 g/mol. The minimum atomic E-state index is -3.45. The quantitative estimate of drug-likeness (QED) is 0.508. The molecule has 29 heavy (non-hydrogen) atoms. The summed E-state index contributed by atoms with van der Waals surface area (Å²) < 4.78 is 30.3. The predicted octanol–water partition coefficient (Wildman–Crippen LogP) is 3.02. The summed E-state index contributed by atoms with van der Waals surface area (Å²) in [7, 11) is -1.82. The molecule has 1 aromatic carbocycles. The van der Waals surface area contributed by atoms with Crippen LogP contribution in [0.5, 0.6) is 0 Å². The van der Waals surface area contributed by atoms with Crippen molar-refractivity contribution in [1.29, 1.82) is 0 Å². The van der Waals surface area contributed by atoms with E-state index in [1.807, 2.05) is 17.5 Å². The van der Waals surface area contributed by atoms with Crippen LogP contribution in [0.2, 0.25) is 0 Å². The van der Waals surface area contributed by atoms with Crippen LogP contribution in [0.3, 0.4) is 0 Å². The third-order valence-corrected chi connectivity index (χ3v) is 6.05. The maximum Gasteiger partial charge on any atom is 0.254 e. The van der Waals surface area contributed by atoms with E-state index in [1.165, 1.54) is 26.6 Å². The lowest BCUT2D eigenvalue weighted by Crippen LogP contribution is -2.30. The van der Waals surface area contributed by atoms with E-state index in [1.54, 1.807) is 31.3 Å². The van der Waals surface area contributed by atoms with E-state index >= 15 is 0 Å². The highest BCUT2D eigenvalue weighted by Crippen LogP contribution is 2.22. The molecule has 0 radical (unpaired) electrons. The second kappa shape index (κ2) is 8.58. The molecule has 3 rings (SSSR count). The van der Waals surface area contributed by atoms with Crippen LogP contribution in [0.15, 0.2) is 59.0 Å². The van der Waals surface area contributed by atoms with Crippen molar-refractivity contribution < 1.29 is 17.7 Å². The van der Waals surface area contributed by atoms with Crippen LogP contribution in [0.1, 0.15) is 16.2 Å². The van der Waals surface area contributed by atoms with E-state index in [2.05, 4.69) is 16.7 Å². The SMILES string of the molecule is C=CCN(c1ccc(C(=O)N(C)Cc2nc(-c3cccs3)no2)cc1)S(C)(=O)=O. The Balaban J connectivity index is 1.70. The third-order valence-electron chi connectivity index (χ3n) is 4.03. The average Bonchev–Trinajstić information content (AvgIpc) is 3.36. The van der Waals surface area contributed by atoms with Crippen molar-refractivity contribution in [3.63, 3.8) is 0 Å². The lowest BCUT2D eigenvalue weighted by Gasteiger charge is -2.21. The number of hydrogen-bond donors (Lipinski definition) is 0. The number of sulfonamides is 1. The molecule has 3 aromatic rings. The number of amides is 1. The Morgan fingerprint density at radius 1 is 1.28 bits per heavy atom. The Morgan fingerprint density at radius 2 is 2.00 bits per heavy atom. The summed E-state index contributed by atoms with van der Waals surface area (Å²) in [5.41, 5.74) is 0.880. The fraction of sp³-hybridized carbons (Fsp3) is 0.211. The second-order valence-electron chi connectivity index (χ2n) is 6.28. The molecular formula is C19H20N4O4S2. The largest absolute Gasteiger partial charge is 0.337 e. The molecule has 0 saturated carbocycles. The number of rotatable bonds is 8. The van der Waals surface area contributed by atoms with Crippen LogP contribution >= 0.6 is 11.3 Å². The molecule has 0 spiro atoms. The van der Waals surface area contributed by atoms with Crippen molar-refractivity contribution in [1.82, 2.24) is 15.0 Å².